The summed E-state index contributed by atoms with van der Waals surface area (Å²) in [7, 11) is 0. The Labute approximate surface area is 136 Å². The lowest BCUT2D eigenvalue weighted by Gasteiger charge is -2.31. The lowest BCUT2D eigenvalue weighted by atomic mass is 9.77. The molecule has 0 aliphatic carbocycles. The summed E-state index contributed by atoms with van der Waals surface area (Å²) in [6.07, 6.45) is -4.66. The van der Waals surface area contributed by atoms with Gasteiger partial charge in [0.15, 0.2) is 5.78 Å². The topological polar surface area (TPSA) is 66.4 Å². The summed E-state index contributed by atoms with van der Waals surface area (Å²) in [5.74, 6) is -3.12. The summed E-state index contributed by atoms with van der Waals surface area (Å²) in [6, 6.07) is 4.73. The van der Waals surface area contributed by atoms with Crippen molar-refractivity contribution in [2.45, 2.75) is 32.9 Å². The molecule has 1 unspecified atom stereocenters. The lowest BCUT2D eigenvalue weighted by Crippen LogP contribution is -2.31. The molecule has 1 aliphatic rings. The zero-order valence-electron chi connectivity index (χ0n) is 13.3. The van der Waals surface area contributed by atoms with Crippen LogP contribution in [0.5, 0.6) is 0 Å². The van der Waals surface area contributed by atoms with Crippen molar-refractivity contribution in [3.05, 3.63) is 57.9 Å². The molecule has 0 radical (unpaired) electrons. The molecule has 128 valence electrons. The SMILES string of the molecule is CC(=O)C1=C(C)NC(C)=C(C(=O)O)C1c1ccccc1C(F)(F)F. The molecular formula is C17H16F3NO3. The average Bonchev–Trinajstić information content (AvgIpc) is 2.44. The van der Waals surface area contributed by atoms with Crippen molar-refractivity contribution in [1.82, 2.24) is 5.32 Å². The predicted molar refractivity (Wildman–Crippen MR) is 81.0 cm³/mol. The Bertz CT molecular complexity index is 740. The fourth-order valence-electron chi connectivity index (χ4n) is 3.06. The van der Waals surface area contributed by atoms with Gasteiger partial charge in [-0.3, -0.25) is 4.79 Å². The molecule has 1 aromatic carbocycles. The van der Waals surface area contributed by atoms with Gasteiger partial charge in [0.2, 0.25) is 0 Å². The molecule has 24 heavy (non-hydrogen) atoms. The van der Waals surface area contributed by atoms with Crippen LogP contribution in [0.2, 0.25) is 0 Å². The maximum Gasteiger partial charge on any atom is 0.416 e. The first-order chi connectivity index (χ1) is 11.1. The molecule has 7 heteroatoms. The number of hydrogen-bond acceptors (Lipinski definition) is 3. The molecular weight excluding hydrogens is 323 g/mol. The quantitative estimate of drug-likeness (QED) is 0.883. The van der Waals surface area contributed by atoms with E-state index in [-0.39, 0.29) is 22.4 Å². The number of carboxylic acid groups (broad SMARTS) is 1. The summed E-state index contributed by atoms with van der Waals surface area (Å²) in [4.78, 5) is 23.7. The van der Waals surface area contributed by atoms with Crippen molar-refractivity contribution in [3.8, 4) is 0 Å². The highest BCUT2D eigenvalue weighted by molar-refractivity contribution is 6.01. The van der Waals surface area contributed by atoms with Crippen LogP contribution in [0, 0.1) is 0 Å². The second-order valence-electron chi connectivity index (χ2n) is 5.58. The van der Waals surface area contributed by atoms with Crippen molar-refractivity contribution in [2.24, 2.45) is 0 Å². The minimum Gasteiger partial charge on any atom is -0.478 e. The summed E-state index contributed by atoms with van der Waals surface area (Å²) in [5.41, 5.74) is -0.862. The number of carbonyl (C=O) groups is 2. The number of nitrogens with one attached hydrogen (secondary N) is 1. The van der Waals surface area contributed by atoms with E-state index in [1.165, 1.54) is 32.0 Å². The van der Waals surface area contributed by atoms with E-state index in [4.69, 9.17) is 0 Å². The predicted octanol–water partition coefficient (Wildman–Crippen LogP) is 3.61. The Morgan fingerprint density at radius 3 is 2.12 bits per heavy atom. The van der Waals surface area contributed by atoms with Crippen LogP contribution in [0.25, 0.3) is 0 Å². The smallest absolute Gasteiger partial charge is 0.416 e. The van der Waals surface area contributed by atoms with Crippen LogP contribution in [-0.4, -0.2) is 16.9 Å². The molecule has 1 aromatic rings. The van der Waals surface area contributed by atoms with E-state index in [0.29, 0.717) is 5.70 Å². The van der Waals surface area contributed by atoms with Gasteiger partial charge in [0, 0.05) is 22.9 Å². The summed E-state index contributed by atoms with van der Waals surface area (Å²) >= 11 is 0. The molecule has 4 nitrogen and oxygen atoms in total. The van der Waals surface area contributed by atoms with Crippen molar-refractivity contribution in [3.63, 3.8) is 0 Å². The molecule has 0 saturated carbocycles. The number of carboxylic acids is 1. The maximum atomic E-state index is 13.4. The Hall–Kier alpha value is -2.57. The van der Waals surface area contributed by atoms with Gasteiger partial charge in [0.05, 0.1) is 11.1 Å². The molecule has 0 bridgehead atoms. The van der Waals surface area contributed by atoms with Gasteiger partial charge in [-0.1, -0.05) is 18.2 Å². The summed E-state index contributed by atoms with van der Waals surface area (Å²) < 4.78 is 40.1. The second-order valence-corrected chi connectivity index (χ2v) is 5.58. The van der Waals surface area contributed by atoms with E-state index >= 15 is 0 Å². The Balaban J connectivity index is 2.82. The number of hydrogen-bond donors (Lipinski definition) is 2. The first-order valence-electron chi connectivity index (χ1n) is 7.14. The number of dihydropyridines is 1. The van der Waals surface area contributed by atoms with Gasteiger partial charge in [-0.25, -0.2) is 4.79 Å². The van der Waals surface area contributed by atoms with Crippen molar-refractivity contribution >= 4 is 11.8 Å². The van der Waals surface area contributed by atoms with Crippen LogP contribution in [0.3, 0.4) is 0 Å². The first kappa shape index (κ1) is 17.8. The van der Waals surface area contributed by atoms with Crippen LogP contribution >= 0.6 is 0 Å². The monoisotopic (exact) mass is 339 g/mol. The van der Waals surface area contributed by atoms with Crippen LogP contribution in [0.4, 0.5) is 13.2 Å². The van der Waals surface area contributed by atoms with Crippen molar-refractivity contribution in [2.75, 3.05) is 0 Å². The Morgan fingerprint density at radius 2 is 1.62 bits per heavy atom. The summed E-state index contributed by atoms with van der Waals surface area (Å²) in [5, 5.41) is 12.3. The third-order valence-electron chi connectivity index (χ3n) is 3.95. The Kier molecular flexibility index (Phi) is 4.55. The van der Waals surface area contributed by atoms with E-state index in [1.807, 2.05) is 0 Å². The van der Waals surface area contributed by atoms with E-state index in [1.54, 1.807) is 6.92 Å². The molecule has 0 amide bonds. The number of ketones is 1. The number of benzene rings is 1. The van der Waals surface area contributed by atoms with E-state index in [0.717, 1.165) is 6.07 Å². The van der Waals surface area contributed by atoms with Gasteiger partial charge in [-0.05, 0) is 32.4 Å². The fourth-order valence-corrected chi connectivity index (χ4v) is 3.06. The highest BCUT2D eigenvalue weighted by Gasteiger charge is 2.41. The van der Waals surface area contributed by atoms with Gasteiger partial charge in [0.25, 0.3) is 0 Å². The van der Waals surface area contributed by atoms with E-state index in [2.05, 4.69) is 5.32 Å². The number of Topliss-reactive ketones (excluding diaryl/α,β-unsaturated/α-hetero) is 1. The number of rotatable bonds is 3. The highest BCUT2D eigenvalue weighted by atomic mass is 19.4. The average molecular weight is 339 g/mol. The third kappa shape index (κ3) is 3.06. The lowest BCUT2D eigenvalue weighted by molar-refractivity contribution is -0.139. The zero-order valence-corrected chi connectivity index (χ0v) is 13.3. The fraction of sp³-hybridized carbons (Fsp3) is 0.294. The standard InChI is InChI=1S/C17H16F3NO3/c1-8-13(10(3)22)15(14(16(23)24)9(2)21-8)11-6-4-5-7-12(11)17(18,19)20/h4-7,15,21H,1-3H3,(H,23,24). The van der Waals surface area contributed by atoms with Crippen LogP contribution in [-0.2, 0) is 15.8 Å². The highest BCUT2D eigenvalue weighted by Crippen LogP contribution is 2.43. The van der Waals surface area contributed by atoms with E-state index < -0.39 is 29.4 Å². The van der Waals surface area contributed by atoms with Gasteiger partial charge >= 0.3 is 12.1 Å². The van der Waals surface area contributed by atoms with Gasteiger partial charge < -0.3 is 10.4 Å². The number of carbonyl (C=O) groups excluding carboxylic acids is 1. The molecule has 2 rings (SSSR count). The molecule has 0 saturated heterocycles. The third-order valence-corrected chi connectivity index (χ3v) is 3.95. The zero-order chi connectivity index (χ0) is 18.2. The Morgan fingerprint density at radius 1 is 1.08 bits per heavy atom. The maximum absolute atomic E-state index is 13.4. The van der Waals surface area contributed by atoms with E-state index in [9.17, 15) is 27.9 Å². The van der Waals surface area contributed by atoms with Gasteiger partial charge in [0.1, 0.15) is 0 Å². The van der Waals surface area contributed by atoms with Crippen molar-refractivity contribution < 1.29 is 27.9 Å². The molecule has 1 heterocycles. The molecule has 1 aliphatic heterocycles. The minimum atomic E-state index is -4.66. The van der Waals surface area contributed by atoms with Gasteiger partial charge in [-0.2, -0.15) is 13.2 Å². The second kappa shape index (κ2) is 6.14. The number of halogens is 3. The first-order valence-corrected chi connectivity index (χ1v) is 7.14. The van der Waals surface area contributed by atoms with Crippen LogP contribution < -0.4 is 5.32 Å². The largest absolute Gasteiger partial charge is 0.478 e. The normalized spacial score (nSPS) is 18.5. The number of allylic oxidation sites excluding steroid dienone is 3. The van der Waals surface area contributed by atoms with Crippen molar-refractivity contribution in [1.29, 1.82) is 0 Å². The molecule has 0 spiro atoms. The van der Waals surface area contributed by atoms with Gasteiger partial charge in [-0.15, -0.1) is 0 Å². The number of aliphatic carboxylic acids is 1. The molecule has 2 N–H and O–H groups in total. The molecule has 0 fully saturated rings. The van der Waals surface area contributed by atoms with Crippen LogP contribution in [0.1, 0.15) is 37.8 Å². The number of alkyl halides is 3. The summed E-state index contributed by atoms with van der Waals surface area (Å²) in [6.45, 7) is 4.22. The molecule has 1 atom stereocenters. The minimum absolute atomic E-state index is 0.0229. The molecule has 0 aromatic heterocycles. The van der Waals surface area contributed by atoms with Crippen LogP contribution in [0.15, 0.2) is 46.8 Å².